The van der Waals surface area contributed by atoms with Gasteiger partial charge in [-0.1, -0.05) is 42.5 Å². The first-order chi connectivity index (χ1) is 13.1. The molecule has 0 fully saturated rings. The monoisotopic (exact) mass is 388 g/mol. The van der Waals surface area contributed by atoms with Gasteiger partial charge in [-0.25, -0.2) is 9.59 Å². The predicted octanol–water partition coefficient (Wildman–Crippen LogP) is 3.85. The van der Waals surface area contributed by atoms with E-state index in [-0.39, 0.29) is 0 Å². The number of hydrogen-bond donors (Lipinski definition) is 4. The molecule has 0 heterocycles. The van der Waals surface area contributed by atoms with Gasteiger partial charge in [0.25, 0.3) is 0 Å². The second-order valence-corrected chi connectivity index (χ2v) is 6.39. The lowest BCUT2D eigenvalue weighted by molar-refractivity contribution is 0.0120. The van der Waals surface area contributed by atoms with Crippen molar-refractivity contribution in [2.45, 2.75) is 38.4 Å². The van der Waals surface area contributed by atoms with E-state index in [2.05, 4.69) is 6.58 Å². The fourth-order valence-corrected chi connectivity index (χ4v) is 2.19. The lowest BCUT2D eigenvalue weighted by Crippen LogP contribution is -2.27. The van der Waals surface area contributed by atoms with E-state index in [0.29, 0.717) is 24.0 Å². The summed E-state index contributed by atoms with van der Waals surface area (Å²) in [6.07, 6.45) is 2.13. The van der Waals surface area contributed by atoms with Crippen molar-refractivity contribution >= 4 is 11.9 Å². The van der Waals surface area contributed by atoms with Crippen molar-refractivity contribution in [2.24, 2.45) is 0 Å². The lowest BCUT2D eigenvalue weighted by Gasteiger charge is -2.22. The molecule has 0 aliphatic heterocycles. The van der Waals surface area contributed by atoms with Crippen molar-refractivity contribution in [3.05, 3.63) is 84.4 Å². The number of carbonyl (C=O) groups is 2. The summed E-state index contributed by atoms with van der Waals surface area (Å²) in [5, 5.41) is 35.1. The molecule has 6 nitrogen and oxygen atoms in total. The fourth-order valence-electron chi connectivity index (χ4n) is 2.19. The van der Waals surface area contributed by atoms with Crippen LogP contribution < -0.4 is 0 Å². The van der Waals surface area contributed by atoms with Crippen LogP contribution in [0, 0.1) is 0 Å². The third kappa shape index (κ3) is 12.4. The molecule has 2 atom stereocenters. The van der Waals surface area contributed by atoms with Gasteiger partial charge in [-0.3, -0.25) is 0 Å². The van der Waals surface area contributed by atoms with E-state index in [1.54, 1.807) is 80.6 Å². The van der Waals surface area contributed by atoms with Crippen LogP contribution in [0.4, 0.5) is 0 Å². The Morgan fingerprint density at radius 3 is 1.54 bits per heavy atom. The van der Waals surface area contributed by atoms with Crippen LogP contribution in [0.15, 0.2) is 73.3 Å². The molecular formula is C22H28O6. The molecule has 4 N–H and O–H groups in total. The van der Waals surface area contributed by atoms with Crippen LogP contribution >= 0.6 is 0 Å². The molecule has 28 heavy (non-hydrogen) atoms. The molecule has 2 rings (SSSR count). The Labute approximate surface area is 165 Å². The van der Waals surface area contributed by atoms with E-state index < -0.39 is 23.6 Å². The zero-order chi connectivity index (χ0) is 21.6. The smallest absolute Gasteiger partial charge is 0.335 e. The van der Waals surface area contributed by atoms with Gasteiger partial charge < -0.3 is 20.4 Å². The van der Waals surface area contributed by atoms with Crippen molar-refractivity contribution in [1.82, 2.24) is 0 Å². The van der Waals surface area contributed by atoms with E-state index in [0.717, 1.165) is 0 Å². The number of rotatable bonds is 6. The molecule has 2 aromatic rings. The number of aliphatic hydroxyl groups excluding tert-OH is 1. The number of benzene rings is 2. The van der Waals surface area contributed by atoms with Crippen LogP contribution in [-0.2, 0) is 0 Å². The first-order valence-corrected chi connectivity index (χ1v) is 8.67. The SMILES string of the molecule is C=CCC(C)(O)CC(C)O.O=C(O)c1ccccc1.O=C(O)c1ccccc1. The average Bonchev–Trinajstić information content (AvgIpc) is 2.63. The molecule has 0 bridgehead atoms. The minimum Gasteiger partial charge on any atom is -0.478 e. The van der Waals surface area contributed by atoms with E-state index in [1.807, 2.05) is 0 Å². The maximum atomic E-state index is 10.2. The second kappa shape index (κ2) is 13.2. The molecule has 6 heteroatoms. The van der Waals surface area contributed by atoms with Crippen molar-refractivity contribution in [3.63, 3.8) is 0 Å². The third-order valence-corrected chi connectivity index (χ3v) is 3.36. The maximum absolute atomic E-state index is 10.2. The van der Waals surface area contributed by atoms with Gasteiger partial charge in [0.05, 0.1) is 22.8 Å². The summed E-state index contributed by atoms with van der Waals surface area (Å²) < 4.78 is 0. The molecule has 0 saturated heterocycles. The topological polar surface area (TPSA) is 115 Å². The quantitative estimate of drug-likeness (QED) is 0.559. The van der Waals surface area contributed by atoms with Crippen molar-refractivity contribution < 1.29 is 30.0 Å². The van der Waals surface area contributed by atoms with Crippen LogP contribution in [-0.4, -0.2) is 44.1 Å². The van der Waals surface area contributed by atoms with Crippen molar-refractivity contribution in [2.75, 3.05) is 0 Å². The molecule has 0 radical (unpaired) electrons. The van der Waals surface area contributed by atoms with E-state index >= 15 is 0 Å². The largest absolute Gasteiger partial charge is 0.478 e. The van der Waals surface area contributed by atoms with Crippen LogP contribution in [0.2, 0.25) is 0 Å². The van der Waals surface area contributed by atoms with Gasteiger partial charge >= 0.3 is 11.9 Å². The summed E-state index contributed by atoms with van der Waals surface area (Å²) in [5.74, 6) is -1.76. The zero-order valence-corrected chi connectivity index (χ0v) is 16.2. The molecular weight excluding hydrogens is 360 g/mol. The van der Waals surface area contributed by atoms with E-state index in [9.17, 15) is 14.7 Å². The Balaban J connectivity index is 0.000000391. The second-order valence-electron chi connectivity index (χ2n) is 6.39. The van der Waals surface area contributed by atoms with Gasteiger partial charge in [-0.2, -0.15) is 0 Å². The molecule has 0 spiro atoms. The van der Waals surface area contributed by atoms with Gasteiger partial charge in [-0.05, 0) is 44.5 Å². The highest BCUT2D eigenvalue weighted by Gasteiger charge is 2.20. The number of carboxylic acid groups (broad SMARTS) is 2. The molecule has 2 aromatic carbocycles. The molecule has 0 aliphatic carbocycles. The predicted molar refractivity (Wildman–Crippen MR) is 109 cm³/mol. The van der Waals surface area contributed by atoms with Gasteiger partial charge in [0.2, 0.25) is 0 Å². The molecule has 0 aliphatic rings. The standard InChI is InChI=1S/C8H16O2.2C7H6O2/c1-4-5-8(3,10)6-7(2)9;2*8-7(9)6-4-2-1-3-5-6/h4,7,9-10H,1,5-6H2,2-3H3;2*1-5H,(H,8,9). The van der Waals surface area contributed by atoms with Gasteiger partial charge in [-0.15, -0.1) is 6.58 Å². The number of aromatic carboxylic acids is 2. The van der Waals surface area contributed by atoms with E-state index in [4.69, 9.17) is 15.3 Å². The molecule has 2 unspecified atom stereocenters. The summed E-state index contributed by atoms with van der Waals surface area (Å²) in [6.45, 7) is 6.87. The molecule has 0 saturated carbocycles. The van der Waals surface area contributed by atoms with Gasteiger partial charge in [0, 0.05) is 6.42 Å². The Kier molecular flexibility index (Phi) is 11.8. The summed E-state index contributed by atoms with van der Waals surface area (Å²) in [6, 6.07) is 16.6. The van der Waals surface area contributed by atoms with Crippen molar-refractivity contribution in [3.8, 4) is 0 Å². The average molecular weight is 388 g/mol. The number of aliphatic hydroxyl groups is 2. The van der Waals surface area contributed by atoms with Crippen LogP contribution in [0.3, 0.4) is 0 Å². The Morgan fingerprint density at radius 1 is 0.964 bits per heavy atom. The van der Waals surface area contributed by atoms with Crippen LogP contribution in [0.5, 0.6) is 0 Å². The third-order valence-electron chi connectivity index (χ3n) is 3.36. The first kappa shape index (κ1) is 25.0. The molecule has 152 valence electrons. The number of hydrogen-bond acceptors (Lipinski definition) is 4. The molecule has 0 amide bonds. The zero-order valence-electron chi connectivity index (χ0n) is 16.2. The highest BCUT2D eigenvalue weighted by atomic mass is 16.4. The maximum Gasteiger partial charge on any atom is 0.335 e. The Hall–Kier alpha value is -2.96. The highest BCUT2D eigenvalue weighted by molar-refractivity contribution is 5.87. The highest BCUT2D eigenvalue weighted by Crippen LogP contribution is 2.16. The first-order valence-electron chi connectivity index (χ1n) is 8.67. The Bertz CT molecular complexity index is 659. The van der Waals surface area contributed by atoms with Gasteiger partial charge in [0.15, 0.2) is 0 Å². The van der Waals surface area contributed by atoms with Crippen LogP contribution in [0.25, 0.3) is 0 Å². The summed E-state index contributed by atoms with van der Waals surface area (Å²) in [7, 11) is 0. The molecule has 0 aromatic heterocycles. The number of carboxylic acids is 2. The Morgan fingerprint density at radius 2 is 1.32 bits per heavy atom. The fraction of sp³-hybridized carbons (Fsp3) is 0.273. The summed E-state index contributed by atoms with van der Waals surface area (Å²) >= 11 is 0. The normalized spacial score (nSPS) is 12.7. The minimum atomic E-state index is -0.879. The summed E-state index contributed by atoms with van der Waals surface area (Å²) in [5.41, 5.74) is -0.134. The van der Waals surface area contributed by atoms with Crippen LogP contribution in [0.1, 0.15) is 47.4 Å². The summed E-state index contributed by atoms with van der Waals surface area (Å²) in [4.78, 5) is 20.4. The lowest BCUT2D eigenvalue weighted by atomic mass is 9.95. The van der Waals surface area contributed by atoms with Gasteiger partial charge in [0.1, 0.15) is 0 Å². The van der Waals surface area contributed by atoms with E-state index in [1.165, 1.54) is 0 Å². The minimum absolute atomic E-state index is 0.331. The van der Waals surface area contributed by atoms with Crippen molar-refractivity contribution in [1.29, 1.82) is 0 Å².